The van der Waals surface area contributed by atoms with Crippen LogP contribution < -0.4 is 0 Å². The third kappa shape index (κ3) is 3.44. The molecule has 1 saturated heterocycles. The maximum atomic E-state index is 12.3. The summed E-state index contributed by atoms with van der Waals surface area (Å²) < 4.78 is 0. The summed E-state index contributed by atoms with van der Waals surface area (Å²) in [6.07, 6.45) is 4.63. The number of carbonyl (C=O) groups excluding carboxylic acids is 1. The van der Waals surface area contributed by atoms with E-state index in [0.717, 1.165) is 24.9 Å². The highest BCUT2D eigenvalue weighted by atomic mass is 32.2. The number of rotatable bonds is 4. The predicted molar refractivity (Wildman–Crippen MR) is 85.3 cm³/mol. The van der Waals surface area contributed by atoms with Gasteiger partial charge in [0, 0.05) is 42.6 Å². The lowest BCUT2D eigenvalue weighted by molar-refractivity contribution is 0.0923. The van der Waals surface area contributed by atoms with Crippen molar-refractivity contribution in [2.24, 2.45) is 5.92 Å². The number of nitrogens with zero attached hydrogens (tertiary/aromatic N) is 1. The lowest BCUT2D eigenvalue weighted by atomic mass is 9.95. The van der Waals surface area contributed by atoms with Crippen molar-refractivity contribution in [1.29, 1.82) is 0 Å². The zero-order valence-corrected chi connectivity index (χ0v) is 12.8. The van der Waals surface area contributed by atoms with E-state index in [0.29, 0.717) is 11.7 Å². The second-order valence-corrected chi connectivity index (χ2v) is 7.16. The van der Waals surface area contributed by atoms with Crippen LogP contribution in [0.4, 0.5) is 0 Å². The molecule has 108 valence electrons. The van der Waals surface area contributed by atoms with E-state index in [2.05, 4.69) is 17.0 Å². The van der Waals surface area contributed by atoms with Gasteiger partial charge in [0.05, 0.1) is 0 Å². The van der Waals surface area contributed by atoms with Gasteiger partial charge in [-0.2, -0.15) is 11.8 Å². The summed E-state index contributed by atoms with van der Waals surface area (Å²) >= 11 is 2.04. The van der Waals surface area contributed by atoms with Crippen molar-refractivity contribution in [3.63, 3.8) is 0 Å². The number of ketones is 1. The third-order valence-electron chi connectivity index (χ3n) is 4.47. The number of carbonyl (C=O) groups is 1. The summed E-state index contributed by atoms with van der Waals surface area (Å²) in [6.45, 7) is 3.40. The Morgan fingerprint density at radius 2 is 1.75 bits per heavy atom. The van der Waals surface area contributed by atoms with Gasteiger partial charge in [0.1, 0.15) is 0 Å². The van der Waals surface area contributed by atoms with Crippen molar-refractivity contribution < 1.29 is 4.79 Å². The normalized spacial score (nSPS) is 21.2. The molecule has 1 aromatic carbocycles. The minimum absolute atomic E-state index is 0.292. The van der Waals surface area contributed by atoms with E-state index in [-0.39, 0.29) is 0 Å². The van der Waals surface area contributed by atoms with Crippen LogP contribution in [0.5, 0.6) is 0 Å². The molecule has 1 saturated carbocycles. The first-order valence-electron chi connectivity index (χ1n) is 7.76. The first-order valence-corrected chi connectivity index (χ1v) is 8.91. The Morgan fingerprint density at radius 1 is 1.10 bits per heavy atom. The quantitative estimate of drug-likeness (QED) is 0.790. The molecule has 0 atom stereocenters. The standard InChI is InChI=1S/C17H23NOS/c19-17(15-3-1-2-4-15)16-7-5-14(6-8-16)13-18-9-11-20-12-10-18/h5-8,15H,1-4,9-13H2. The summed E-state index contributed by atoms with van der Waals surface area (Å²) in [5, 5.41) is 0. The van der Waals surface area contributed by atoms with Crippen LogP contribution in [-0.2, 0) is 6.54 Å². The monoisotopic (exact) mass is 289 g/mol. The van der Waals surface area contributed by atoms with Crippen molar-refractivity contribution in [2.45, 2.75) is 32.2 Å². The molecule has 0 N–H and O–H groups in total. The van der Waals surface area contributed by atoms with E-state index >= 15 is 0 Å². The van der Waals surface area contributed by atoms with E-state index in [9.17, 15) is 4.79 Å². The molecule has 1 aliphatic carbocycles. The van der Waals surface area contributed by atoms with Crippen molar-refractivity contribution in [3.05, 3.63) is 35.4 Å². The first-order chi connectivity index (χ1) is 9.83. The minimum atomic E-state index is 0.292. The smallest absolute Gasteiger partial charge is 0.165 e. The molecule has 2 fully saturated rings. The van der Waals surface area contributed by atoms with E-state index in [1.165, 1.54) is 43.0 Å². The largest absolute Gasteiger partial charge is 0.297 e. The Hall–Kier alpha value is -0.800. The number of hydrogen-bond acceptors (Lipinski definition) is 3. The third-order valence-corrected chi connectivity index (χ3v) is 5.42. The second kappa shape index (κ2) is 6.77. The van der Waals surface area contributed by atoms with Crippen molar-refractivity contribution >= 4 is 17.5 Å². The molecule has 1 aromatic rings. The maximum Gasteiger partial charge on any atom is 0.165 e. The highest BCUT2D eigenvalue weighted by Gasteiger charge is 2.23. The Kier molecular flexibility index (Phi) is 4.79. The SMILES string of the molecule is O=C(c1ccc(CN2CCSCC2)cc1)C1CCCC1. The van der Waals surface area contributed by atoms with Crippen LogP contribution in [0.15, 0.2) is 24.3 Å². The summed E-state index contributed by atoms with van der Waals surface area (Å²) in [5.41, 5.74) is 2.25. The van der Waals surface area contributed by atoms with E-state index < -0.39 is 0 Å². The number of hydrogen-bond donors (Lipinski definition) is 0. The lowest BCUT2D eigenvalue weighted by Gasteiger charge is -2.26. The lowest BCUT2D eigenvalue weighted by Crippen LogP contribution is -2.31. The fraction of sp³-hybridized carbons (Fsp3) is 0.588. The van der Waals surface area contributed by atoms with Gasteiger partial charge in [0.2, 0.25) is 0 Å². The molecule has 3 rings (SSSR count). The van der Waals surface area contributed by atoms with Crippen LogP contribution >= 0.6 is 11.8 Å². The highest BCUT2D eigenvalue weighted by molar-refractivity contribution is 7.99. The minimum Gasteiger partial charge on any atom is -0.297 e. The van der Waals surface area contributed by atoms with E-state index in [1.54, 1.807) is 0 Å². The van der Waals surface area contributed by atoms with E-state index in [4.69, 9.17) is 0 Å². The van der Waals surface area contributed by atoms with Crippen LogP contribution in [0.1, 0.15) is 41.6 Å². The fourth-order valence-electron chi connectivity index (χ4n) is 3.22. The molecular weight excluding hydrogens is 266 g/mol. The van der Waals surface area contributed by atoms with Crippen molar-refractivity contribution in [1.82, 2.24) is 4.90 Å². The first kappa shape index (κ1) is 14.2. The second-order valence-electron chi connectivity index (χ2n) is 5.93. The Morgan fingerprint density at radius 3 is 2.40 bits per heavy atom. The van der Waals surface area contributed by atoms with Gasteiger partial charge in [-0.25, -0.2) is 0 Å². The molecule has 2 nitrogen and oxygen atoms in total. The average Bonchev–Trinajstić information content (AvgIpc) is 3.03. The van der Waals surface area contributed by atoms with Crippen LogP contribution in [0.2, 0.25) is 0 Å². The summed E-state index contributed by atoms with van der Waals surface area (Å²) in [7, 11) is 0. The van der Waals surface area contributed by atoms with Crippen LogP contribution in [0.25, 0.3) is 0 Å². The molecule has 3 heteroatoms. The van der Waals surface area contributed by atoms with Crippen molar-refractivity contribution in [2.75, 3.05) is 24.6 Å². The molecule has 0 unspecified atom stereocenters. The molecule has 1 aliphatic heterocycles. The molecule has 0 radical (unpaired) electrons. The Labute approximate surface area is 125 Å². The van der Waals surface area contributed by atoms with Gasteiger partial charge in [-0.05, 0) is 18.4 Å². The number of thioether (sulfide) groups is 1. The van der Waals surface area contributed by atoms with Gasteiger partial charge in [0.15, 0.2) is 5.78 Å². The zero-order valence-electron chi connectivity index (χ0n) is 12.0. The molecule has 0 spiro atoms. The van der Waals surface area contributed by atoms with Gasteiger partial charge in [-0.1, -0.05) is 37.1 Å². The predicted octanol–water partition coefficient (Wildman–Crippen LogP) is 3.61. The van der Waals surface area contributed by atoms with Crippen LogP contribution in [0, 0.1) is 5.92 Å². The van der Waals surface area contributed by atoms with Gasteiger partial charge in [-0.15, -0.1) is 0 Å². The molecular formula is C17H23NOS. The molecule has 0 amide bonds. The summed E-state index contributed by atoms with van der Waals surface area (Å²) in [6, 6.07) is 8.36. The van der Waals surface area contributed by atoms with Gasteiger partial charge in [0.25, 0.3) is 0 Å². The maximum absolute atomic E-state index is 12.3. The molecule has 0 aromatic heterocycles. The zero-order chi connectivity index (χ0) is 13.8. The molecule has 2 aliphatic rings. The van der Waals surface area contributed by atoms with Gasteiger partial charge in [-0.3, -0.25) is 9.69 Å². The topological polar surface area (TPSA) is 20.3 Å². The van der Waals surface area contributed by atoms with E-state index in [1.807, 2.05) is 23.9 Å². The summed E-state index contributed by atoms with van der Waals surface area (Å²) in [4.78, 5) is 14.8. The molecule has 0 bridgehead atoms. The van der Waals surface area contributed by atoms with Crippen LogP contribution in [-0.4, -0.2) is 35.3 Å². The highest BCUT2D eigenvalue weighted by Crippen LogP contribution is 2.28. The van der Waals surface area contributed by atoms with Crippen LogP contribution in [0.3, 0.4) is 0 Å². The van der Waals surface area contributed by atoms with Gasteiger partial charge >= 0.3 is 0 Å². The number of Topliss-reactive ketones (excluding diaryl/α,β-unsaturated/α-hetero) is 1. The molecule has 1 heterocycles. The fourth-order valence-corrected chi connectivity index (χ4v) is 4.19. The molecule has 20 heavy (non-hydrogen) atoms. The average molecular weight is 289 g/mol. The Balaban J connectivity index is 1.60. The number of benzene rings is 1. The van der Waals surface area contributed by atoms with Crippen molar-refractivity contribution in [3.8, 4) is 0 Å². The summed E-state index contributed by atoms with van der Waals surface area (Å²) in [5.74, 6) is 3.15. The Bertz CT molecular complexity index is 445. The van der Waals surface area contributed by atoms with Gasteiger partial charge < -0.3 is 0 Å².